The molecule has 0 spiro atoms. The lowest BCUT2D eigenvalue weighted by Crippen LogP contribution is -2.07. The van der Waals surface area contributed by atoms with Crippen LogP contribution in [0, 0.1) is 0 Å². The zero-order chi connectivity index (χ0) is 16.4. The summed E-state index contributed by atoms with van der Waals surface area (Å²) < 4.78 is 23.7. The van der Waals surface area contributed by atoms with Gasteiger partial charge < -0.3 is 5.32 Å². The van der Waals surface area contributed by atoms with E-state index < -0.39 is 9.84 Å². The Morgan fingerprint density at radius 2 is 2.00 bits per heavy atom. The zero-order valence-electron chi connectivity index (χ0n) is 12.9. The van der Waals surface area contributed by atoms with Crippen molar-refractivity contribution in [3.63, 3.8) is 0 Å². The normalized spacial score (nSPS) is 11.7. The van der Waals surface area contributed by atoms with Crippen LogP contribution in [-0.2, 0) is 22.8 Å². The van der Waals surface area contributed by atoms with Crippen molar-refractivity contribution in [1.82, 2.24) is 9.97 Å². The van der Waals surface area contributed by atoms with E-state index in [9.17, 15) is 8.42 Å². The van der Waals surface area contributed by atoms with Gasteiger partial charge in [-0.2, -0.15) is 0 Å². The molecule has 3 rings (SSSR count). The Bertz CT molecular complexity index is 949. The SMILES string of the molecule is CCc1cc2c(NCc3ccccc3S(C)(=O)=O)ncnc2s1. The zero-order valence-corrected chi connectivity index (χ0v) is 14.5. The highest BCUT2D eigenvalue weighted by atomic mass is 32.2. The Balaban J connectivity index is 1.92. The number of hydrogen-bond donors (Lipinski definition) is 1. The fourth-order valence-electron chi connectivity index (χ4n) is 2.41. The number of benzene rings is 1. The van der Waals surface area contributed by atoms with E-state index in [4.69, 9.17) is 0 Å². The van der Waals surface area contributed by atoms with E-state index in [1.807, 2.05) is 12.1 Å². The van der Waals surface area contributed by atoms with Crippen LogP contribution in [0.15, 0.2) is 41.6 Å². The fraction of sp³-hybridized carbons (Fsp3) is 0.250. The van der Waals surface area contributed by atoms with E-state index in [2.05, 4.69) is 28.3 Å². The third kappa shape index (κ3) is 3.35. The highest BCUT2D eigenvalue weighted by molar-refractivity contribution is 7.90. The van der Waals surface area contributed by atoms with Crippen molar-refractivity contribution in [2.24, 2.45) is 0 Å². The fourth-order valence-corrected chi connectivity index (χ4v) is 4.29. The molecule has 0 saturated carbocycles. The highest BCUT2D eigenvalue weighted by Crippen LogP contribution is 2.29. The molecule has 0 fully saturated rings. The van der Waals surface area contributed by atoms with Crippen LogP contribution in [0.1, 0.15) is 17.4 Å². The summed E-state index contributed by atoms with van der Waals surface area (Å²) in [5, 5.41) is 4.22. The highest BCUT2D eigenvalue weighted by Gasteiger charge is 2.13. The second-order valence-corrected chi connectivity index (χ2v) is 8.34. The minimum Gasteiger partial charge on any atom is -0.365 e. The number of rotatable bonds is 5. The van der Waals surface area contributed by atoms with E-state index in [1.165, 1.54) is 17.5 Å². The Kier molecular flexibility index (Phi) is 4.32. The standard InChI is InChI=1S/C16H17N3O2S2/c1-3-12-8-13-15(18-10-19-16(13)22-12)17-9-11-6-4-5-7-14(11)23(2,20)21/h4-8,10H,3,9H2,1-2H3,(H,17,18,19). The van der Waals surface area contributed by atoms with E-state index >= 15 is 0 Å². The van der Waals surface area contributed by atoms with Crippen molar-refractivity contribution < 1.29 is 8.42 Å². The first-order valence-corrected chi connectivity index (χ1v) is 9.95. The maximum Gasteiger partial charge on any atom is 0.175 e. The molecule has 2 heterocycles. The molecule has 1 aromatic carbocycles. The Morgan fingerprint density at radius 3 is 2.74 bits per heavy atom. The van der Waals surface area contributed by atoms with Gasteiger partial charge in [0.1, 0.15) is 17.0 Å². The van der Waals surface area contributed by atoms with Crippen molar-refractivity contribution in [3.05, 3.63) is 47.1 Å². The molecule has 0 aliphatic carbocycles. The lowest BCUT2D eigenvalue weighted by atomic mass is 10.2. The minimum atomic E-state index is -3.25. The van der Waals surface area contributed by atoms with E-state index in [1.54, 1.807) is 23.5 Å². The summed E-state index contributed by atoms with van der Waals surface area (Å²) in [6.45, 7) is 2.50. The summed E-state index contributed by atoms with van der Waals surface area (Å²) in [5.41, 5.74) is 0.729. The number of fused-ring (bicyclic) bond motifs is 1. The average molecular weight is 347 g/mol. The van der Waals surface area contributed by atoms with Gasteiger partial charge in [-0.05, 0) is 24.1 Å². The number of nitrogens with one attached hydrogen (secondary N) is 1. The Labute approximate surface area is 139 Å². The first-order chi connectivity index (χ1) is 11.0. The van der Waals surface area contributed by atoms with Crippen molar-refractivity contribution >= 4 is 37.2 Å². The minimum absolute atomic E-state index is 0.345. The van der Waals surface area contributed by atoms with Gasteiger partial charge in [0, 0.05) is 17.7 Å². The molecule has 0 unspecified atom stereocenters. The monoisotopic (exact) mass is 347 g/mol. The topological polar surface area (TPSA) is 72.0 Å². The molecule has 7 heteroatoms. The predicted octanol–water partition coefficient (Wildman–Crippen LogP) is 3.27. The molecule has 0 atom stereocenters. The molecule has 0 aliphatic heterocycles. The largest absolute Gasteiger partial charge is 0.365 e. The van der Waals surface area contributed by atoms with Gasteiger partial charge in [-0.15, -0.1) is 11.3 Å². The molecule has 1 N–H and O–H groups in total. The van der Waals surface area contributed by atoms with Crippen LogP contribution in [-0.4, -0.2) is 24.6 Å². The predicted molar refractivity (Wildman–Crippen MR) is 93.7 cm³/mol. The van der Waals surface area contributed by atoms with Crippen LogP contribution in [0.4, 0.5) is 5.82 Å². The number of aromatic nitrogens is 2. The Hall–Kier alpha value is -1.99. The molecule has 0 amide bonds. The summed E-state index contributed by atoms with van der Waals surface area (Å²) in [4.78, 5) is 11.1. The average Bonchev–Trinajstić information content (AvgIpc) is 2.96. The van der Waals surface area contributed by atoms with Crippen LogP contribution < -0.4 is 5.32 Å². The molecule has 2 aromatic heterocycles. The summed E-state index contributed by atoms with van der Waals surface area (Å²) >= 11 is 1.65. The molecule has 0 aliphatic rings. The number of sulfone groups is 1. The summed E-state index contributed by atoms with van der Waals surface area (Å²) in [7, 11) is -3.25. The first-order valence-electron chi connectivity index (χ1n) is 7.24. The van der Waals surface area contributed by atoms with E-state index in [0.29, 0.717) is 11.4 Å². The summed E-state index contributed by atoms with van der Waals surface area (Å²) in [5.74, 6) is 0.731. The number of thiophene rings is 1. The van der Waals surface area contributed by atoms with Gasteiger partial charge in [0.2, 0.25) is 0 Å². The quantitative estimate of drug-likeness (QED) is 0.767. The van der Waals surface area contributed by atoms with Gasteiger partial charge in [0.15, 0.2) is 9.84 Å². The van der Waals surface area contributed by atoms with Crippen LogP contribution >= 0.6 is 11.3 Å². The van der Waals surface area contributed by atoms with Crippen molar-refractivity contribution in [2.75, 3.05) is 11.6 Å². The van der Waals surface area contributed by atoms with E-state index in [0.717, 1.165) is 28.0 Å². The van der Waals surface area contributed by atoms with Crippen molar-refractivity contribution in [2.45, 2.75) is 24.8 Å². The van der Waals surface area contributed by atoms with E-state index in [-0.39, 0.29) is 0 Å². The van der Waals surface area contributed by atoms with Gasteiger partial charge in [-0.1, -0.05) is 25.1 Å². The molecule has 5 nitrogen and oxygen atoms in total. The third-order valence-corrected chi connectivity index (χ3v) is 5.93. The molecular weight excluding hydrogens is 330 g/mol. The molecule has 0 radical (unpaired) electrons. The molecule has 0 saturated heterocycles. The second kappa shape index (κ2) is 6.25. The number of hydrogen-bond acceptors (Lipinski definition) is 6. The maximum atomic E-state index is 11.9. The second-order valence-electron chi connectivity index (χ2n) is 5.24. The number of nitrogens with zero attached hydrogens (tertiary/aromatic N) is 2. The molecule has 3 aromatic rings. The van der Waals surface area contributed by atoms with Gasteiger partial charge in [0.05, 0.1) is 10.3 Å². The van der Waals surface area contributed by atoms with Gasteiger partial charge in [-0.3, -0.25) is 0 Å². The van der Waals surface area contributed by atoms with Crippen LogP contribution in [0.2, 0.25) is 0 Å². The molecular formula is C16H17N3O2S2. The molecule has 0 bridgehead atoms. The van der Waals surface area contributed by atoms with Crippen LogP contribution in [0.25, 0.3) is 10.2 Å². The summed E-state index contributed by atoms with van der Waals surface area (Å²) in [6.07, 6.45) is 3.71. The lowest BCUT2D eigenvalue weighted by molar-refractivity contribution is 0.601. The number of aryl methyl sites for hydroxylation is 1. The van der Waals surface area contributed by atoms with Crippen molar-refractivity contribution in [3.8, 4) is 0 Å². The molecule has 23 heavy (non-hydrogen) atoms. The van der Waals surface area contributed by atoms with Crippen LogP contribution in [0.5, 0.6) is 0 Å². The van der Waals surface area contributed by atoms with Crippen LogP contribution in [0.3, 0.4) is 0 Å². The molecule has 120 valence electrons. The maximum absolute atomic E-state index is 11.9. The first kappa shape index (κ1) is 15.9. The summed E-state index contributed by atoms with van der Waals surface area (Å²) in [6, 6.07) is 9.09. The van der Waals surface area contributed by atoms with Gasteiger partial charge >= 0.3 is 0 Å². The van der Waals surface area contributed by atoms with Gasteiger partial charge in [0.25, 0.3) is 0 Å². The smallest absolute Gasteiger partial charge is 0.175 e. The number of anilines is 1. The van der Waals surface area contributed by atoms with Gasteiger partial charge in [-0.25, -0.2) is 18.4 Å². The third-order valence-electron chi connectivity index (χ3n) is 3.55. The van der Waals surface area contributed by atoms with Crippen molar-refractivity contribution in [1.29, 1.82) is 0 Å². The Morgan fingerprint density at radius 1 is 1.22 bits per heavy atom. The lowest BCUT2D eigenvalue weighted by Gasteiger charge is -2.10.